The van der Waals surface area contributed by atoms with Gasteiger partial charge in [-0.1, -0.05) is 26.0 Å². The van der Waals surface area contributed by atoms with E-state index in [4.69, 9.17) is 0 Å². The van der Waals surface area contributed by atoms with E-state index in [0.29, 0.717) is 5.69 Å². The van der Waals surface area contributed by atoms with Crippen LogP contribution in [0.3, 0.4) is 0 Å². The Bertz CT molecular complexity index is 1270. The molecule has 9 heteroatoms. The molecule has 0 unspecified atom stereocenters. The Labute approximate surface area is 173 Å². The number of fused-ring (bicyclic) bond motifs is 1. The number of imidazole rings is 1. The topological polar surface area (TPSA) is 50.4 Å². The van der Waals surface area contributed by atoms with Gasteiger partial charge in [0.2, 0.25) is 0 Å². The molecule has 0 atom stereocenters. The Morgan fingerprint density at radius 1 is 1.03 bits per heavy atom. The third kappa shape index (κ3) is 3.71. The first-order valence-electron chi connectivity index (χ1n) is 9.30. The largest absolute Gasteiger partial charge is 0.508 e. The summed E-state index contributed by atoms with van der Waals surface area (Å²) in [4.78, 5) is 8.60. The molecule has 160 valence electrons. The Morgan fingerprint density at radius 3 is 2.32 bits per heavy atom. The molecule has 0 saturated carbocycles. The first-order valence-corrected chi connectivity index (χ1v) is 9.30. The van der Waals surface area contributed by atoms with Gasteiger partial charge in [0.15, 0.2) is 5.65 Å². The quantitative estimate of drug-likeness (QED) is 0.392. The van der Waals surface area contributed by atoms with Crippen molar-refractivity contribution in [3.63, 3.8) is 0 Å². The van der Waals surface area contributed by atoms with Crippen LogP contribution in [0, 0.1) is 11.6 Å². The van der Waals surface area contributed by atoms with E-state index in [9.17, 15) is 27.1 Å². The van der Waals surface area contributed by atoms with Crippen LogP contribution in [0.4, 0.5) is 22.0 Å². The Kier molecular flexibility index (Phi) is 4.91. The number of hydrogen-bond acceptors (Lipinski definition) is 3. The lowest BCUT2D eigenvalue weighted by atomic mass is 10.0. The highest BCUT2D eigenvalue weighted by Crippen LogP contribution is 2.36. The molecule has 4 aromatic rings. The van der Waals surface area contributed by atoms with Crippen LogP contribution >= 0.6 is 0 Å². The van der Waals surface area contributed by atoms with E-state index in [1.165, 1.54) is 28.9 Å². The zero-order valence-electron chi connectivity index (χ0n) is 16.4. The molecule has 0 fully saturated rings. The van der Waals surface area contributed by atoms with Gasteiger partial charge in [0, 0.05) is 23.9 Å². The highest BCUT2D eigenvalue weighted by molar-refractivity contribution is 5.71. The van der Waals surface area contributed by atoms with Gasteiger partial charge in [-0.25, -0.2) is 13.8 Å². The maximum atomic E-state index is 14.7. The zero-order chi connectivity index (χ0) is 22.5. The fraction of sp³-hybridized carbons (Fsp3) is 0.182. The number of rotatable bonds is 3. The van der Waals surface area contributed by atoms with E-state index in [1.807, 2.05) is 0 Å². The molecule has 2 aromatic carbocycles. The Morgan fingerprint density at radius 2 is 1.71 bits per heavy atom. The first kappa shape index (κ1) is 20.8. The number of hydrogen-bond donors (Lipinski definition) is 1. The minimum absolute atomic E-state index is 0.107. The smallest absolute Gasteiger partial charge is 0.416 e. The van der Waals surface area contributed by atoms with E-state index < -0.39 is 34.7 Å². The lowest BCUT2D eigenvalue weighted by Gasteiger charge is -2.12. The third-order valence-corrected chi connectivity index (χ3v) is 4.83. The fourth-order valence-electron chi connectivity index (χ4n) is 3.41. The second-order valence-corrected chi connectivity index (χ2v) is 7.36. The highest BCUT2D eigenvalue weighted by Gasteiger charge is 2.30. The highest BCUT2D eigenvalue weighted by atomic mass is 19.4. The second kappa shape index (κ2) is 7.33. The molecular weight excluding hydrogens is 417 g/mol. The molecule has 31 heavy (non-hydrogen) atoms. The van der Waals surface area contributed by atoms with Crippen LogP contribution in [0.1, 0.15) is 31.0 Å². The molecule has 0 bridgehead atoms. The van der Waals surface area contributed by atoms with Crippen LogP contribution in [0.25, 0.3) is 28.2 Å². The Balaban J connectivity index is 1.99. The molecule has 4 rings (SSSR count). The maximum Gasteiger partial charge on any atom is 0.416 e. The summed E-state index contributed by atoms with van der Waals surface area (Å²) in [6.07, 6.45) is -1.80. The van der Waals surface area contributed by atoms with Gasteiger partial charge >= 0.3 is 6.18 Å². The average molecular weight is 433 g/mol. The molecule has 0 radical (unpaired) electrons. The molecule has 2 aromatic heterocycles. The third-order valence-electron chi connectivity index (χ3n) is 4.83. The van der Waals surface area contributed by atoms with Crippen LogP contribution in [0.2, 0.25) is 0 Å². The number of aromatic nitrogens is 3. The number of halogens is 5. The number of phenols is 1. The summed E-state index contributed by atoms with van der Waals surface area (Å²) >= 11 is 0. The summed E-state index contributed by atoms with van der Waals surface area (Å²) in [5.74, 6) is -2.76. The summed E-state index contributed by atoms with van der Waals surface area (Å²) in [6.45, 7) is 3.59. The van der Waals surface area contributed by atoms with Crippen LogP contribution in [-0.4, -0.2) is 19.5 Å². The molecule has 0 aliphatic carbocycles. The van der Waals surface area contributed by atoms with Crippen molar-refractivity contribution in [3.05, 3.63) is 71.7 Å². The first-order chi connectivity index (χ1) is 14.6. The van der Waals surface area contributed by atoms with E-state index in [2.05, 4.69) is 9.97 Å². The van der Waals surface area contributed by atoms with Gasteiger partial charge in [-0.05, 0) is 18.1 Å². The van der Waals surface area contributed by atoms with Crippen molar-refractivity contribution in [2.24, 2.45) is 0 Å². The number of alkyl halides is 3. The molecule has 0 aliphatic heterocycles. The van der Waals surface area contributed by atoms with Gasteiger partial charge in [0.25, 0.3) is 0 Å². The molecule has 0 saturated heterocycles. The van der Waals surface area contributed by atoms with Gasteiger partial charge < -0.3 is 5.11 Å². The number of nitrogens with zero attached hydrogens (tertiary/aromatic N) is 3. The number of benzene rings is 2. The fourth-order valence-corrected chi connectivity index (χ4v) is 3.41. The zero-order valence-corrected chi connectivity index (χ0v) is 16.4. The molecule has 0 amide bonds. The van der Waals surface area contributed by atoms with Crippen molar-refractivity contribution < 1.29 is 27.1 Å². The predicted octanol–water partition coefficient (Wildman–Crippen LogP) is 6.19. The predicted molar refractivity (Wildman–Crippen MR) is 105 cm³/mol. The summed E-state index contributed by atoms with van der Waals surface area (Å²) in [7, 11) is 0. The normalized spacial score (nSPS) is 12.1. The van der Waals surface area contributed by atoms with Gasteiger partial charge in [0.05, 0.1) is 34.4 Å². The monoisotopic (exact) mass is 433 g/mol. The maximum absolute atomic E-state index is 14.7. The van der Waals surface area contributed by atoms with Gasteiger partial charge in [-0.3, -0.25) is 9.38 Å². The minimum atomic E-state index is -4.52. The van der Waals surface area contributed by atoms with E-state index in [0.717, 1.165) is 24.3 Å². The molecule has 0 aliphatic rings. The molecule has 1 N–H and O–H groups in total. The van der Waals surface area contributed by atoms with Crippen molar-refractivity contribution in [1.82, 2.24) is 14.4 Å². The van der Waals surface area contributed by atoms with E-state index in [1.54, 1.807) is 13.8 Å². The van der Waals surface area contributed by atoms with Gasteiger partial charge in [-0.2, -0.15) is 13.2 Å². The number of phenolic OH excluding ortho intramolecular Hbond substituents is 1. The van der Waals surface area contributed by atoms with Crippen molar-refractivity contribution >= 4 is 5.65 Å². The summed E-state index contributed by atoms with van der Waals surface area (Å²) in [6, 6.07) is 6.20. The molecule has 0 spiro atoms. The average Bonchev–Trinajstić information content (AvgIpc) is 3.05. The minimum Gasteiger partial charge on any atom is -0.508 e. The van der Waals surface area contributed by atoms with Crippen molar-refractivity contribution in [3.8, 4) is 28.3 Å². The second-order valence-electron chi connectivity index (χ2n) is 7.36. The van der Waals surface area contributed by atoms with Crippen molar-refractivity contribution in [2.45, 2.75) is 25.9 Å². The van der Waals surface area contributed by atoms with Gasteiger partial charge in [-0.15, -0.1) is 0 Å². The van der Waals surface area contributed by atoms with Crippen molar-refractivity contribution in [2.75, 3.05) is 0 Å². The van der Waals surface area contributed by atoms with Crippen LogP contribution < -0.4 is 0 Å². The Hall–Kier alpha value is -3.49. The van der Waals surface area contributed by atoms with Crippen LogP contribution in [0.5, 0.6) is 5.75 Å². The summed E-state index contributed by atoms with van der Waals surface area (Å²) in [5.41, 5.74) is -0.101. The lowest BCUT2D eigenvalue weighted by Crippen LogP contribution is -2.05. The standard InChI is InChI=1S/C22H16F5N3O/c1-11(2)20-21(19-15(23)7-14(31)8-16(19)24)30-10-17(28-9-18(30)29-20)12-4-3-5-13(6-12)22(25,26)27/h3-11,31H,1-2H3. The van der Waals surface area contributed by atoms with Crippen LogP contribution in [-0.2, 0) is 6.18 Å². The van der Waals surface area contributed by atoms with E-state index in [-0.39, 0.29) is 28.5 Å². The van der Waals surface area contributed by atoms with E-state index >= 15 is 0 Å². The molecule has 4 nitrogen and oxygen atoms in total. The van der Waals surface area contributed by atoms with Crippen molar-refractivity contribution in [1.29, 1.82) is 0 Å². The number of aromatic hydroxyl groups is 1. The molecule has 2 heterocycles. The van der Waals surface area contributed by atoms with Gasteiger partial charge in [0.1, 0.15) is 17.4 Å². The van der Waals surface area contributed by atoms with Crippen LogP contribution in [0.15, 0.2) is 48.8 Å². The SMILES string of the molecule is CC(C)c1nc2cnc(-c3cccc(C(F)(F)F)c3)cn2c1-c1c(F)cc(O)cc1F. The summed E-state index contributed by atoms with van der Waals surface area (Å²) in [5, 5.41) is 9.49. The lowest BCUT2D eigenvalue weighted by molar-refractivity contribution is -0.137. The summed E-state index contributed by atoms with van der Waals surface area (Å²) < 4.78 is 70.0. The molecular formula is C22H16F5N3O.